The van der Waals surface area contributed by atoms with E-state index in [4.69, 9.17) is 4.74 Å². The minimum Gasteiger partial charge on any atom is -0.507 e. The summed E-state index contributed by atoms with van der Waals surface area (Å²) >= 11 is 0. The topological polar surface area (TPSA) is 104 Å². The molecule has 2 aromatic rings. The number of aryl methyl sites for hydroxylation is 1. The second kappa shape index (κ2) is 5.27. The lowest BCUT2D eigenvalue weighted by atomic mass is 9.96. The Balaban J connectivity index is 1.99. The molecule has 2 aliphatic rings. The smallest absolute Gasteiger partial charge is 0.371 e. The van der Waals surface area contributed by atoms with Gasteiger partial charge in [-0.15, -0.1) is 0 Å². The standard InChI is InChI=1S/C19H13NO6/c1-10-7-8-12-13(9-10)26-18(24)19(25)14(16(22)17(23)20(12)19)15(21)11-5-3-2-4-6-11/h2-9,21,25H,1H3. The third-order valence-electron chi connectivity index (χ3n) is 4.42. The molecule has 0 bridgehead atoms. The third-order valence-corrected chi connectivity index (χ3v) is 4.42. The average Bonchev–Trinajstić information content (AvgIpc) is 2.83. The van der Waals surface area contributed by atoms with E-state index < -0.39 is 34.7 Å². The zero-order valence-corrected chi connectivity index (χ0v) is 13.6. The molecule has 0 radical (unpaired) electrons. The number of aliphatic hydroxyl groups excluding tert-OH is 1. The van der Waals surface area contributed by atoms with E-state index in [-0.39, 0.29) is 17.0 Å². The summed E-state index contributed by atoms with van der Waals surface area (Å²) in [4.78, 5) is 38.3. The van der Waals surface area contributed by atoms with Gasteiger partial charge in [0, 0.05) is 5.56 Å². The van der Waals surface area contributed by atoms with Crippen LogP contribution in [0.4, 0.5) is 5.69 Å². The number of rotatable bonds is 1. The second-order valence-corrected chi connectivity index (χ2v) is 6.09. The molecule has 1 saturated heterocycles. The zero-order valence-electron chi connectivity index (χ0n) is 13.6. The van der Waals surface area contributed by atoms with Gasteiger partial charge in [0.25, 0.3) is 11.5 Å². The number of ether oxygens (including phenoxy) is 1. The van der Waals surface area contributed by atoms with Crippen molar-refractivity contribution in [3.8, 4) is 5.75 Å². The van der Waals surface area contributed by atoms with Crippen molar-refractivity contribution in [1.29, 1.82) is 0 Å². The summed E-state index contributed by atoms with van der Waals surface area (Å²) < 4.78 is 5.16. The van der Waals surface area contributed by atoms with Gasteiger partial charge in [-0.05, 0) is 24.6 Å². The summed E-state index contributed by atoms with van der Waals surface area (Å²) in [5, 5.41) is 21.6. The molecule has 1 amide bonds. The molecule has 1 fully saturated rings. The van der Waals surface area contributed by atoms with Crippen LogP contribution in [0, 0.1) is 6.92 Å². The highest BCUT2D eigenvalue weighted by molar-refractivity contribution is 6.54. The lowest BCUT2D eigenvalue weighted by Gasteiger charge is -2.36. The molecule has 7 nitrogen and oxygen atoms in total. The number of benzene rings is 2. The molecule has 2 aliphatic heterocycles. The molecule has 0 saturated carbocycles. The molecule has 7 heteroatoms. The fraction of sp³-hybridized carbons (Fsp3) is 0.105. The maximum atomic E-state index is 12.5. The van der Waals surface area contributed by atoms with E-state index in [1.54, 1.807) is 31.2 Å². The van der Waals surface area contributed by atoms with Gasteiger partial charge in [0.2, 0.25) is 0 Å². The summed E-state index contributed by atoms with van der Waals surface area (Å²) in [5.74, 6) is -4.11. The number of aliphatic hydroxyl groups is 2. The van der Waals surface area contributed by atoms with Crippen molar-refractivity contribution >= 4 is 29.1 Å². The first-order valence-corrected chi connectivity index (χ1v) is 7.79. The molecule has 0 aliphatic carbocycles. The van der Waals surface area contributed by atoms with E-state index in [2.05, 4.69) is 0 Å². The first-order chi connectivity index (χ1) is 12.4. The van der Waals surface area contributed by atoms with Crippen molar-refractivity contribution in [2.75, 3.05) is 4.90 Å². The number of carbonyl (C=O) groups excluding carboxylic acids is 3. The molecule has 130 valence electrons. The van der Waals surface area contributed by atoms with Gasteiger partial charge in [0.1, 0.15) is 11.3 Å². The van der Waals surface area contributed by atoms with E-state index in [0.717, 1.165) is 5.56 Å². The normalized spacial score (nSPS) is 23.5. The van der Waals surface area contributed by atoms with E-state index in [1.165, 1.54) is 24.3 Å². The monoisotopic (exact) mass is 351 g/mol. The van der Waals surface area contributed by atoms with Crippen molar-refractivity contribution in [2.45, 2.75) is 12.6 Å². The molecule has 2 heterocycles. The molecule has 0 spiro atoms. The highest BCUT2D eigenvalue weighted by Crippen LogP contribution is 2.46. The Hall–Kier alpha value is -3.45. The molecule has 4 rings (SSSR count). The van der Waals surface area contributed by atoms with Crippen molar-refractivity contribution in [1.82, 2.24) is 0 Å². The SMILES string of the molecule is Cc1ccc2c(c1)OC(=O)C1(O)C(=C(O)c3ccccc3)C(=O)C(=O)N21. The number of nitrogens with zero attached hydrogens (tertiary/aromatic N) is 1. The number of hydrogen-bond donors (Lipinski definition) is 2. The van der Waals surface area contributed by atoms with Crippen molar-refractivity contribution in [3.63, 3.8) is 0 Å². The van der Waals surface area contributed by atoms with E-state index in [9.17, 15) is 24.6 Å². The fourth-order valence-corrected chi connectivity index (χ4v) is 3.17. The molecule has 26 heavy (non-hydrogen) atoms. The predicted molar refractivity (Wildman–Crippen MR) is 90.2 cm³/mol. The Labute approximate surface area is 147 Å². The van der Waals surface area contributed by atoms with E-state index in [0.29, 0.717) is 4.90 Å². The zero-order chi connectivity index (χ0) is 18.6. The van der Waals surface area contributed by atoms with Gasteiger partial charge in [0.05, 0.1) is 5.69 Å². The van der Waals surface area contributed by atoms with Crippen molar-refractivity contribution in [2.24, 2.45) is 0 Å². The molecule has 1 unspecified atom stereocenters. The molecular formula is C19H13NO6. The summed E-state index contributed by atoms with van der Waals surface area (Å²) in [6.07, 6.45) is 0. The first-order valence-electron chi connectivity index (χ1n) is 7.79. The van der Waals surface area contributed by atoms with E-state index in [1.807, 2.05) is 0 Å². The summed E-state index contributed by atoms with van der Waals surface area (Å²) in [6, 6.07) is 12.5. The summed E-state index contributed by atoms with van der Waals surface area (Å²) in [6.45, 7) is 1.76. The van der Waals surface area contributed by atoms with Crippen LogP contribution in [0.1, 0.15) is 11.1 Å². The van der Waals surface area contributed by atoms with Crippen LogP contribution >= 0.6 is 0 Å². The number of carbonyl (C=O) groups is 3. The molecule has 2 aromatic carbocycles. The van der Waals surface area contributed by atoms with Crippen molar-refractivity contribution < 1.29 is 29.3 Å². The Morgan fingerprint density at radius 1 is 1.08 bits per heavy atom. The van der Waals surface area contributed by atoms with Gasteiger partial charge in [-0.1, -0.05) is 36.4 Å². The number of Topliss-reactive ketones (excluding diaryl/α,β-unsaturated/α-hetero) is 1. The first kappa shape index (κ1) is 16.0. The van der Waals surface area contributed by atoms with Crippen LogP contribution in [0.2, 0.25) is 0 Å². The average molecular weight is 351 g/mol. The van der Waals surface area contributed by atoms with Gasteiger partial charge in [-0.25, -0.2) is 4.79 Å². The number of esters is 1. The van der Waals surface area contributed by atoms with Crippen LogP contribution < -0.4 is 9.64 Å². The number of hydrogen-bond acceptors (Lipinski definition) is 6. The molecule has 1 atom stereocenters. The van der Waals surface area contributed by atoms with E-state index >= 15 is 0 Å². The minimum atomic E-state index is -2.73. The maximum Gasteiger partial charge on any atom is 0.371 e. The molecule has 2 N–H and O–H groups in total. The van der Waals surface area contributed by atoms with Crippen LogP contribution in [0.3, 0.4) is 0 Å². The van der Waals surface area contributed by atoms with Gasteiger partial charge in [0.15, 0.2) is 5.75 Å². The van der Waals surface area contributed by atoms with Crippen LogP contribution in [-0.4, -0.2) is 33.6 Å². The van der Waals surface area contributed by atoms with Gasteiger partial charge >= 0.3 is 11.9 Å². The second-order valence-electron chi connectivity index (χ2n) is 6.09. The fourth-order valence-electron chi connectivity index (χ4n) is 3.17. The lowest BCUT2D eigenvalue weighted by molar-refractivity contribution is -0.153. The Bertz CT molecular complexity index is 1010. The number of amides is 1. The van der Waals surface area contributed by atoms with Crippen LogP contribution in [0.25, 0.3) is 5.76 Å². The Kier molecular flexibility index (Phi) is 3.25. The number of fused-ring (bicyclic) bond motifs is 3. The summed E-state index contributed by atoms with van der Waals surface area (Å²) in [5.41, 5.74) is -2.42. The predicted octanol–water partition coefficient (Wildman–Crippen LogP) is 1.49. The Morgan fingerprint density at radius 3 is 2.46 bits per heavy atom. The van der Waals surface area contributed by atoms with Gasteiger partial charge < -0.3 is 14.9 Å². The van der Waals surface area contributed by atoms with Crippen molar-refractivity contribution in [3.05, 3.63) is 65.2 Å². The summed E-state index contributed by atoms with van der Waals surface area (Å²) in [7, 11) is 0. The largest absolute Gasteiger partial charge is 0.507 e. The maximum absolute atomic E-state index is 12.5. The van der Waals surface area contributed by atoms with Crippen LogP contribution in [-0.2, 0) is 14.4 Å². The molecular weight excluding hydrogens is 338 g/mol. The number of anilines is 1. The van der Waals surface area contributed by atoms with Crippen LogP contribution in [0.5, 0.6) is 5.75 Å². The molecule has 0 aromatic heterocycles. The lowest BCUT2D eigenvalue weighted by Crippen LogP contribution is -2.57. The highest BCUT2D eigenvalue weighted by atomic mass is 16.6. The van der Waals surface area contributed by atoms with Gasteiger partial charge in [-0.3, -0.25) is 14.5 Å². The van der Waals surface area contributed by atoms with Crippen LogP contribution in [0.15, 0.2) is 54.1 Å². The number of ketones is 1. The highest BCUT2D eigenvalue weighted by Gasteiger charge is 2.65. The van der Waals surface area contributed by atoms with Gasteiger partial charge in [-0.2, -0.15) is 0 Å². The Morgan fingerprint density at radius 2 is 1.77 bits per heavy atom. The quantitative estimate of drug-likeness (QED) is 0.265. The third kappa shape index (κ3) is 1.94. The minimum absolute atomic E-state index is 0.0567.